The van der Waals surface area contributed by atoms with Crippen LogP contribution in [0, 0.1) is 6.92 Å². The SMILES string of the molecule is CCCNC(=O)C(CC)N(Cc1ccc(Cl)cc1)C(=O)CSc1ccc(C)cc1. The lowest BCUT2D eigenvalue weighted by atomic mass is 10.1. The Morgan fingerprint density at radius 3 is 2.31 bits per heavy atom. The lowest BCUT2D eigenvalue weighted by molar-refractivity contribution is -0.139. The van der Waals surface area contributed by atoms with E-state index in [0.29, 0.717) is 24.5 Å². The highest BCUT2D eigenvalue weighted by Crippen LogP contribution is 2.21. The van der Waals surface area contributed by atoms with Crippen molar-refractivity contribution in [1.82, 2.24) is 10.2 Å². The van der Waals surface area contributed by atoms with Crippen LogP contribution in [0.2, 0.25) is 5.02 Å². The van der Waals surface area contributed by atoms with Crippen LogP contribution in [0.25, 0.3) is 0 Å². The third-order valence-electron chi connectivity index (χ3n) is 4.58. The van der Waals surface area contributed by atoms with Gasteiger partial charge in [0.05, 0.1) is 5.75 Å². The molecule has 1 atom stereocenters. The first-order valence-corrected chi connectivity index (χ1v) is 11.3. The fourth-order valence-corrected chi connectivity index (χ4v) is 3.84. The number of aryl methyl sites for hydroxylation is 1. The lowest BCUT2D eigenvalue weighted by Crippen LogP contribution is -2.49. The number of nitrogens with zero attached hydrogens (tertiary/aromatic N) is 1. The monoisotopic (exact) mass is 432 g/mol. The van der Waals surface area contributed by atoms with Crippen molar-refractivity contribution in [3.63, 3.8) is 0 Å². The van der Waals surface area contributed by atoms with Crippen LogP contribution in [0.5, 0.6) is 0 Å². The van der Waals surface area contributed by atoms with E-state index < -0.39 is 6.04 Å². The van der Waals surface area contributed by atoms with Crippen LogP contribution in [-0.2, 0) is 16.1 Å². The van der Waals surface area contributed by atoms with Crippen LogP contribution in [-0.4, -0.2) is 35.1 Å². The molecular formula is C23H29ClN2O2S. The first-order chi connectivity index (χ1) is 13.9. The summed E-state index contributed by atoms with van der Waals surface area (Å²) in [6, 6.07) is 15.0. The summed E-state index contributed by atoms with van der Waals surface area (Å²) in [6.45, 7) is 6.97. The largest absolute Gasteiger partial charge is 0.354 e. The Morgan fingerprint density at radius 1 is 1.07 bits per heavy atom. The van der Waals surface area contributed by atoms with Crippen LogP contribution in [0.15, 0.2) is 53.4 Å². The van der Waals surface area contributed by atoms with Gasteiger partial charge < -0.3 is 10.2 Å². The van der Waals surface area contributed by atoms with Crippen molar-refractivity contribution in [2.24, 2.45) is 0 Å². The van der Waals surface area contributed by atoms with E-state index in [4.69, 9.17) is 11.6 Å². The average Bonchev–Trinajstić information content (AvgIpc) is 2.72. The van der Waals surface area contributed by atoms with Crippen molar-refractivity contribution < 1.29 is 9.59 Å². The van der Waals surface area contributed by atoms with Crippen molar-refractivity contribution in [1.29, 1.82) is 0 Å². The summed E-state index contributed by atoms with van der Waals surface area (Å²) in [6.07, 6.45) is 1.42. The Morgan fingerprint density at radius 2 is 1.72 bits per heavy atom. The standard InChI is InChI=1S/C23H29ClN2O2S/c1-4-14-25-23(28)21(5-2)26(15-18-8-10-19(24)11-9-18)22(27)16-29-20-12-6-17(3)7-13-20/h6-13,21H,4-5,14-16H2,1-3H3,(H,25,28). The van der Waals surface area contributed by atoms with Crippen LogP contribution >= 0.6 is 23.4 Å². The van der Waals surface area contributed by atoms with Crippen LogP contribution < -0.4 is 5.32 Å². The Kier molecular flexibility index (Phi) is 9.55. The van der Waals surface area contributed by atoms with Gasteiger partial charge >= 0.3 is 0 Å². The molecule has 0 aliphatic heterocycles. The van der Waals surface area contributed by atoms with Gasteiger partial charge in [0.1, 0.15) is 6.04 Å². The molecule has 29 heavy (non-hydrogen) atoms. The molecule has 6 heteroatoms. The minimum atomic E-state index is -0.497. The van der Waals surface area contributed by atoms with Crippen molar-refractivity contribution in [3.8, 4) is 0 Å². The maximum Gasteiger partial charge on any atom is 0.242 e. The normalized spacial score (nSPS) is 11.7. The minimum absolute atomic E-state index is 0.0518. The summed E-state index contributed by atoms with van der Waals surface area (Å²) in [5, 5.41) is 3.58. The molecule has 1 unspecified atom stereocenters. The van der Waals surface area contributed by atoms with Crippen molar-refractivity contribution in [2.45, 2.75) is 51.1 Å². The highest BCUT2D eigenvalue weighted by atomic mass is 35.5. The van der Waals surface area contributed by atoms with E-state index in [0.717, 1.165) is 16.9 Å². The molecule has 0 fully saturated rings. The van der Waals surface area contributed by atoms with Crippen LogP contribution in [0.1, 0.15) is 37.8 Å². The van der Waals surface area contributed by atoms with Gasteiger partial charge in [-0.1, -0.05) is 55.3 Å². The molecule has 0 saturated carbocycles. The van der Waals surface area contributed by atoms with E-state index in [1.165, 1.54) is 17.3 Å². The molecule has 1 N–H and O–H groups in total. The fraction of sp³-hybridized carbons (Fsp3) is 0.391. The van der Waals surface area contributed by atoms with Gasteiger partial charge in [-0.25, -0.2) is 0 Å². The quantitative estimate of drug-likeness (QED) is 0.533. The Labute approximate surface area is 183 Å². The second-order valence-electron chi connectivity index (χ2n) is 6.96. The Balaban J connectivity index is 2.16. The number of halogens is 1. The molecule has 0 heterocycles. The molecule has 0 spiro atoms. The topological polar surface area (TPSA) is 49.4 Å². The maximum absolute atomic E-state index is 13.1. The summed E-state index contributed by atoms with van der Waals surface area (Å²) in [7, 11) is 0. The van der Waals surface area contributed by atoms with E-state index >= 15 is 0 Å². The highest BCUT2D eigenvalue weighted by molar-refractivity contribution is 8.00. The lowest BCUT2D eigenvalue weighted by Gasteiger charge is -2.30. The third kappa shape index (κ3) is 7.41. The number of carbonyl (C=O) groups excluding carboxylic acids is 2. The number of nitrogens with one attached hydrogen (secondary N) is 1. The number of carbonyl (C=O) groups is 2. The first-order valence-electron chi connectivity index (χ1n) is 9.95. The first kappa shape index (κ1) is 23.3. The zero-order valence-corrected chi connectivity index (χ0v) is 18.9. The van der Waals surface area contributed by atoms with Gasteiger partial charge in [0.15, 0.2) is 0 Å². The average molecular weight is 433 g/mol. The number of benzene rings is 2. The zero-order valence-electron chi connectivity index (χ0n) is 17.3. The summed E-state index contributed by atoms with van der Waals surface area (Å²) in [5.41, 5.74) is 2.13. The third-order valence-corrected chi connectivity index (χ3v) is 5.83. The van der Waals surface area contributed by atoms with E-state index in [-0.39, 0.29) is 17.6 Å². The highest BCUT2D eigenvalue weighted by Gasteiger charge is 2.28. The molecule has 0 saturated heterocycles. The second-order valence-corrected chi connectivity index (χ2v) is 8.45. The number of hydrogen-bond donors (Lipinski definition) is 1. The molecule has 4 nitrogen and oxygen atoms in total. The van der Waals surface area contributed by atoms with E-state index in [2.05, 4.69) is 5.32 Å². The minimum Gasteiger partial charge on any atom is -0.354 e. The number of rotatable bonds is 10. The van der Waals surface area contributed by atoms with Crippen molar-refractivity contribution in [2.75, 3.05) is 12.3 Å². The molecule has 0 aromatic heterocycles. The van der Waals surface area contributed by atoms with E-state index in [1.807, 2.05) is 57.2 Å². The van der Waals surface area contributed by atoms with Gasteiger partial charge in [-0.2, -0.15) is 0 Å². The zero-order chi connectivity index (χ0) is 21.2. The molecule has 0 aliphatic rings. The van der Waals surface area contributed by atoms with Gasteiger partial charge in [-0.15, -0.1) is 11.8 Å². The number of hydrogen-bond acceptors (Lipinski definition) is 3. The summed E-state index contributed by atoms with van der Waals surface area (Å²) in [4.78, 5) is 28.6. The summed E-state index contributed by atoms with van der Waals surface area (Å²) >= 11 is 7.48. The summed E-state index contributed by atoms with van der Waals surface area (Å²) in [5.74, 6) is 0.134. The Hall–Kier alpha value is -1.98. The van der Waals surface area contributed by atoms with Crippen molar-refractivity contribution >= 4 is 35.2 Å². The van der Waals surface area contributed by atoms with E-state index in [9.17, 15) is 9.59 Å². The van der Waals surface area contributed by atoms with Gasteiger partial charge in [-0.05, 0) is 49.6 Å². The fourth-order valence-electron chi connectivity index (χ4n) is 2.93. The molecule has 2 aromatic rings. The summed E-state index contributed by atoms with van der Waals surface area (Å²) < 4.78 is 0. The van der Waals surface area contributed by atoms with Gasteiger partial charge in [0, 0.05) is 23.0 Å². The molecule has 0 bridgehead atoms. The molecule has 0 radical (unpaired) electrons. The molecule has 2 aromatic carbocycles. The maximum atomic E-state index is 13.1. The second kappa shape index (κ2) is 11.9. The molecule has 2 rings (SSSR count). The van der Waals surface area contributed by atoms with Crippen molar-refractivity contribution in [3.05, 3.63) is 64.7 Å². The number of amides is 2. The molecule has 156 valence electrons. The van der Waals surface area contributed by atoms with E-state index in [1.54, 1.807) is 17.0 Å². The van der Waals surface area contributed by atoms with Gasteiger partial charge in [-0.3, -0.25) is 9.59 Å². The molecular weight excluding hydrogens is 404 g/mol. The molecule has 0 aliphatic carbocycles. The molecule has 2 amide bonds. The van der Waals surface area contributed by atoms with Crippen LogP contribution in [0.3, 0.4) is 0 Å². The predicted molar refractivity (Wildman–Crippen MR) is 121 cm³/mol. The Bertz CT molecular complexity index is 794. The number of thioether (sulfide) groups is 1. The predicted octanol–water partition coefficient (Wildman–Crippen LogP) is 5.07. The van der Waals surface area contributed by atoms with Gasteiger partial charge in [0.2, 0.25) is 11.8 Å². The van der Waals surface area contributed by atoms with Crippen LogP contribution in [0.4, 0.5) is 0 Å². The smallest absolute Gasteiger partial charge is 0.242 e. The van der Waals surface area contributed by atoms with Gasteiger partial charge in [0.25, 0.3) is 0 Å².